The fraction of sp³-hybridized carbons (Fsp3) is 0.417. The van der Waals surface area contributed by atoms with Crippen LogP contribution in [0.3, 0.4) is 0 Å². The molecule has 0 aromatic heterocycles. The lowest BCUT2D eigenvalue weighted by Crippen LogP contribution is -2.57. The molecule has 1 heterocycles. The highest BCUT2D eigenvalue weighted by atomic mass is 35.5. The van der Waals surface area contributed by atoms with Gasteiger partial charge in [0.2, 0.25) is 10.0 Å². The Morgan fingerprint density at radius 1 is 1.19 bits per heavy atom. The summed E-state index contributed by atoms with van der Waals surface area (Å²) in [5, 5.41) is 9.68. The zero-order chi connectivity index (χ0) is 15.7. The van der Waals surface area contributed by atoms with Crippen LogP contribution in [0.25, 0.3) is 0 Å². The molecule has 0 spiro atoms. The van der Waals surface area contributed by atoms with Crippen LogP contribution >= 0.6 is 23.2 Å². The standard InChI is InChI=1S/C12H13Cl2NO5S/c13-8-5-9(14)7-10(6-8)21(18,19)15-12(11(16)17)1-3-20-4-2-12/h5-7,15H,1-4H2,(H,16,17). The second-order valence-corrected chi connectivity index (χ2v) is 7.27. The number of carboxylic acid groups (broad SMARTS) is 1. The van der Waals surface area contributed by atoms with Crippen LogP contribution in [0.5, 0.6) is 0 Å². The van der Waals surface area contributed by atoms with E-state index < -0.39 is 21.5 Å². The van der Waals surface area contributed by atoms with Gasteiger partial charge in [0, 0.05) is 36.1 Å². The van der Waals surface area contributed by atoms with Crippen molar-refractivity contribution < 1.29 is 23.1 Å². The van der Waals surface area contributed by atoms with Crippen molar-refractivity contribution in [3.8, 4) is 0 Å². The van der Waals surface area contributed by atoms with E-state index in [9.17, 15) is 18.3 Å². The highest BCUT2D eigenvalue weighted by Crippen LogP contribution is 2.27. The Balaban J connectivity index is 2.37. The van der Waals surface area contributed by atoms with Crippen molar-refractivity contribution in [2.24, 2.45) is 0 Å². The number of carboxylic acids is 1. The lowest BCUT2D eigenvalue weighted by molar-refractivity contribution is -0.147. The van der Waals surface area contributed by atoms with E-state index in [0.717, 1.165) is 0 Å². The average Bonchev–Trinajstić information content (AvgIpc) is 2.38. The molecule has 116 valence electrons. The van der Waals surface area contributed by atoms with Crippen LogP contribution < -0.4 is 4.72 Å². The fourth-order valence-electron chi connectivity index (χ4n) is 2.08. The molecule has 1 fully saturated rings. The van der Waals surface area contributed by atoms with Crippen molar-refractivity contribution in [2.75, 3.05) is 13.2 Å². The molecule has 0 bridgehead atoms. The van der Waals surface area contributed by atoms with E-state index in [1.807, 2.05) is 0 Å². The molecular weight excluding hydrogens is 341 g/mol. The molecule has 21 heavy (non-hydrogen) atoms. The molecule has 0 aliphatic carbocycles. The van der Waals surface area contributed by atoms with Crippen molar-refractivity contribution in [3.05, 3.63) is 28.2 Å². The molecule has 0 amide bonds. The summed E-state index contributed by atoms with van der Waals surface area (Å²) in [6.07, 6.45) is 0.103. The van der Waals surface area contributed by atoms with Crippen LogP contribution in [0, 0.1) is 0 Å². The van der Waals surface area contributed by atoms with Crippen molar-refractivity contribution >= 4 is 39.2 Å². The number of rotatable bonds is 4. The van der Waals surface area contributed by atoms with Gasteiger partial charge in [0.05, 0.1) is 4.90 Å². The minimum atomic E-state index is -4.06. The zero-order valence-electron chi connectivity index (χ0n) is 10.8. The van der Waals surface area contributed by atoms with Crippen molar-refractivity contribution in [2.45, 2.75) is 23.3 Å². The predicted octanol–water partition coefficient (Wildman–Crippen LogP) is 1.91. The summed E-state index contributed by atoms with van der Waals surface area (Å²) in [6, 6.07) is 3.82. The Kier molecular flexibility index (Phi) is 4.79. The second-order valence-electron chi connectivity index (χ2n) is 4.71. The first-order valence-electron chi connectivity index (χ1n) is 6.06. The molecule has 1 aliphatic heterocycles. The molecular formula is C12H13Cl2NO5S. The molecule has 0 saturated carbocycles. The van der Waals surface area contributed by atoms with Crippen LogP contribution in [0.2, 0.25) is 10.0 Å². The first kappa shape index (κ1) is 16.5. The van der Waals surface area contributed by atoms with Gasteiger partial charge in [0.15, 0.2) is 0 Å². The monoisotopic (exact) mass is 353 g/mol. The van der Waals surface area contributed by atoms with Gasteiger partial charge >= 0.3 is 5.97 Å². The number of ether oxygens (including phenoxy) is 1. The molecule has 1 saturated heterocycles. The molecule has 9 heteroatoms. The van der Waals surface area contributed by atoms with Gasteiger partial charge in [-0.05, 0) is 18.2 Å². The summed E-state index contributed by atoms with van der Waals surface area (Å²) in [5.41, 5.74) is -1.58. The third-order valence-corrected chi connectivity index (χ3v) is 5.18. The van der Waals surface area contributed by atoms with E-state index in [2.05, 4.69) is 4.72 Å². The third-order valence-electron chi connectivity index (χ3n) is 3.23. The maximum atomic E-state index is 12.4. The van der Waals surface area contributed by atoms with Gasteiger partial charge in [-0.2, -0.15) is 4.72 Å². The maximum Gasteiger partial charge on any atom is 0.325 e. The lowest BCUT2D eigenvalue weighted by Gasteiger charge is -2.33. The van der Waals surface area contributed by atoms with E-state index in [-0.39, 0.29) is 41.0 Å². The van der Waals surface area contributed by atoms with E-state index in [1.165, 1.54) is 18.2 Å². The quantitative estimate of drug-likeness (QED) is 0.862. The van der Waals surface area contributed by atoms with Crippen molar-refractivity contribution in [1.82, 2.24) is 4.72 Å². The molecule has 2 rings (SSSR count). The van der Waals surface area contributed by atoms with Crippen molar-refractivity contribution in [1.29, 1.82) is 0 Å². The minimum absolute atomic E-state index is 0.0514. The second kappa shape index (κ2) is 6.10. The first-order valence-corrected chi connectivity index (χ1v) is 8.30. The highest BCUT2D eigenvalue weighted by Gasteiger charge is 2.43. The Morgan fingerprint density at radius 3 is 2.19 bits per heavy atom. The van der Waals surface area contributed by atoms with Gasteiger partial charge in [0.1, 0.15) is 5.54 Å². The molecule has 1 aliphatic rings. The number of halogens is 2. The van der Waals surface area contributed by atoms with Crippen LogP contribution in [0.1, 0.15) is 12.8 Å². The summed E-state index contributed by atoms with van der Waals surface area (Å²) in [4.78, 5) is 11.3. The SMILES string of the molecule is O=C(O)C1(NS(=O)(=O)c2cc(Cl)cc(Cl)c2)CCOCC1. The van der Waals surface area contributed by atoms with Crippen LogP contribution in [0.15, 0.2) is 23.1 Å². The predicted molar refractivity (Wildman–Crippen MR) is 77.2 cm³/mol. The first-order chi connectivity index (χ1) is 9.75. The minimum Gasteiger partial charge on any atom is -0.480 e. The normalized spacial score (nSPS) is 18.4. The summed E-state index contributed by atoms with van der Waals surface area (Å²) in [6.45, 7) is 0.343. The molecule has 6 nitrogen and oxygen atoms in total. The average molecular weight is 354 g/mol. The number of aliphatic carboxylic acids is 1. The Labute approximate surface area is 132 Å². The van der Waals surface area contributed by atoms with Gasteiger partial charge in [-0.3, -0.25) is 4.79 Å². The summed E-state index contributed by atoms with van der Waals surface area (Å²) < 4.78 is 32.1. The van der Waals surface area contributed by atoms with Crippen molar-refractivity contribution in [3.63, 3.8) is 0 Å². The molecule has 2 N–H and O–H groups in total. The zero-order valence-corrected chi connectivity index (χ0v) is 13.1. The number of sulfonamides is 1. The third kappa shape index (κ3) is 3.67. The van der Waals surface area contributed by atoms with Gasteiger partial charge in [-0.25, -0.2) is 8.42 Å². The maximum absolute atomic E-state index is 12.4. The summed E-state index contributed by atoms with van der Waals surface area (Å²) in [5.74, 6) is -1.23. The molecule has 1 aromatic carbocycles. The van der Waals surface area contributed by atoms with Gasteiger partial charge in [0.25, 0.3) is 0 Å². The smallest absolute Gasteiger partial charge is 0.325 e. The number of hydrogen-bond acceptors (Lipinski definition) is 4. The number of hydrogen-bond donors (Lipinski definition) is 2. The Morgan fingerprint density at radius 2 is 1.71 bits per heavy atom. The van der Waals surface area contributed by atoms with E-state index in [1.54, 1.807) is 0 Å². The number of benzene rings is 1. The lowest BCUT2D eigenvalue weighted by atomic mass is 9.92. The molecule has 0 radical (unpaired) electrons. The van der Waals surface area contributed by atoms with E-state index >= 15 is 0 Å². The van der Waals surface area contributed by atoms with Crippen LogP contribution in [-0.2, 0) is 19.6 Å². The van der Waals surface area contributed by atoms with Crippen LogP contribution in [0.4, 0.5) is 0 Å². The summed E-state index contributed by atoms with van der Waals surface area (Å²) >= 11 is 11.6. The number of nitrogens with one attached hydrogen (secondary N) is 1. The van der Waals surface area contributed by atoms with E-state index in [0.29, 0.717) is 0 Å². The Bertz CT molecular complexity index is 635. The van der Waals surface area contributed by atoms with Gasteiger partial charge < -0.3 is 9.84 Å². The van der Waals surface area contributed by atoms with Gasteiger partial charge in [-0.1, -0.05) is 23.2 Å². The summed E-state index contributed by atoms with van der Waals surface area (Å²) in [7, 11) is -4.06. The highest BCUT2D eigenvalue weighted by molar-refractivity contribution is 7.89. The van der Waals surface area contributed by atoms with E-state index in [4.69, 9.17) is 27.9 Å². The van der Waals surface area contributed by atoms with Gasteiger partial charge in [-0.15, -0.1) is 0 Å². The fourth-order valence-corrected chi connectivity index (χ4v) is 4.22. The molecule has 0 unspecified atom stereocenters. The number of carbonyl (C=O) groups is 1. The topological polar surface area (TPSA) is 92.7 Å². The largest absolute Gasteiger partial charge is 0.480 e. The molecule has 0 atom stereocenters. The molecule has 1 aromatic rings. The Hall–Kier alpha value is -0.860. The van der Waals surface area contributed by atoms with Crippen LogP contribution in [-0.4, -0.2) is 38.2 Å².